The largest absolute Gasteiger partial charge is 0.872 e. The van der Waals surface area contributed by atoms with Crippen LogP contribution in [0.4, 0.5) is 0 Å². The van der Waals surface area contributed by atoms with E-state index >= 15 is 0 Å². The average Bonchev–Trinajstić information content (AvgIpc) is 3.18. The van der Waals surface area contributed by atoms with E-state index < -0.39 is 23.5 Å². The zero-order chi connectivity index (χ0) is 26.4. The van der Waals surface area contributed by atoms with Crippen molar-refractivity contribution in [1.29, 1.82) is 0 Å². The highest BCUT2D eigenvalue weighted by Crippen LogP contribution is 2.38. The van der Waals surface area contributed by atoms with E-state index in [4.69, 9.17) is 4.74 Å². The summed E-state index contributed by atoms with van der Waals surface area (Å²) < 4.78 is 5.90. The molecular weight excluding hydrogens is 466 g/mol. The molecule has 1 unspecified atom stereocenters. The molecule has 0 bridgehead atoms. The molecule has 2 aromatic carbocycles. The number of aromatic nitrogens is 1. The summed E-state index contributed by atoms with van der Waals surface area (Å²) in [7, 11) is 0. The molecule has 0 spiro atoms. The predicted octanol–water partition coefficient (Wildman–Crippen LogP) is 2.12. The van der Waals surface area contributed by atoms with E-state index in [1.165, 1.54) is 4.90 Å². The van der Waals surface area contributed by atoms with Crippen molar-refractivity contribution in [2.24, 2.45) is 0 Å². The van der Waals surface area contributed by atoms with Crippen LogP contribution in [0.15, 0.2) is 78.6 Å². The SMILES string of the molecule is CC[NH+](CC)CCN1C(=O)C(=O)C(=C([O-])c2ccc(OCc3ccccc3)cc2C)C1c1ccncc1. The predicted molar refractivity (Wildman–Crippen MR) is 139 cm³/mol. The second-order valence-electron chi connectivity index (χ2n) is 9.21. The fourth-order valence-corrected chi connectivity index (χ4v) is 4.74. The summed E-state index contributed by atoms with van der Waals surface area (Å²) in [6.45, 7) is 9.32. The van der Waals surface area contributed by atoms with Gasteiger partial charge in [-0.3, -0.25) is 14.6 Å². The number of ketones is 1. The van der Waals surface area contributed by atoms with Gasteiger partial charge in [0.15, 0.2) is 0 Å². The number of ether oxygens (including phenoxy) is 1. The van der Waals surface area contributed by atoms with Crippen LogP contribution in [0.5, 0.6) is 5.75 Å². The lowest BCUT2D eigenvalue weighted by molar-refractivity contribution is -0.895. The van der Waals surface area contributed by atoms with Crippen LogP contribution in [-0.4, -0.2) is 47.8 Å². The van der Waals surface area contributed by atoms with Gasteiger partial charge in [-0.05, 0) is 67.3 Å². The number of Topliss-reactive ketones (excluding diaryl/α,β-unsaturated/α-hetero) is 1. The van der Waals surface area contributed by atoms with E-state index in [-0.39, 0.29) is 5.57 Å². The molecule has 1 amide bonds. The first-order valence-corrected chi connectivity index (χ1v) is 12.7. The van der Waals surface area contributed by atoms with Crippen molar-refractivity contribution in [2.75, 3.05) is 26.2 Å². The number of carbonyl (C=O) groups excluding carboxylic acids is 2. The number of pyridine rings is 1. The van der Waals surface area contributed by atoms with Crippen molar-refractivity contribution in [3.8, 4) is 5.75 Å². The van der Waals surface area contributed by atoms with Crippen molar-refractivity contribution in [1.82, 2.24) is 9.88 Å². The molecule has 7 nitrogen and oxygen atoms in total. The number of aryl methyl sites for hydroxylation is 1. The first-order valence-electron chi connectivity index (χ1n) is 12.7. The van der Waals surface area contributed by atoms with Gasteiger partial charge in [0.05, 0.1) is 32.2 Å². The maximum absolute atomic E-state index is 13.8. The van der Waals surface area contributed by atoms with Crippen molar-refractivity contribution >= 4 is 17.4 Å². The van der Waals surface area contributed by atoms with Gasteiger partial charge in [-0.1, -0.05) is 42.2 Å². The Labute approximate surface area is 218 Å². The summed E-state index contributed by atoms with van der Waals surface area (Å²) in [6, 6.07) is 17.8. The number of hydrogen-bond acceptors (Lipinski definition) is 5. The first-order chi connectivity index (χ1) is 17.9. The zero-order valence-corrected chi connectivity index (χ0v) is 21.6. The molecule has 4 rings (SSSR count). The summed E-state index contributed by atoms with van der Waals surface area (Å²) in [5.41, 5.74) is 2.80. The lowest BCUT2D eigenvalue weighted by Gasteiger charge is -2.28. The highest BCUT2D eigenvalue weighted by molar-refractivity contribution is 6.46. The third-order valence-electron chi connectivity index (χ3n) is 6.95. The number of carbonyl (C=O) groups is 2. The Bertz CT molecular complexity index is 1270. The van der Waals surface area contributed by atoms with Crippen molar-refractivity contribution in [3.63, 3.8) is 0 Å². The summed E-state index contributed by atoms with van der Waals surface area (Å²) in [5.74, 6) is -1.15. The van der Waals surface area contributed by atoms with Gasteiger partial charge in [0.25, 0.3) is 5.91 Å². The number of quaternary nitrogens is 1. The van der Waals surface area contributed by atoms with Crippen LogP contribution in [-0.2, 0) is 16.2 Å². The molecule has 1 aliphatic rings. The van der Waals surface area contributed by atoms with Crippen LogP contribution < -0.4 is 14.7 Å². The van der Waals surface area contributed by atoms with Crippen LogP contribution in [0.2, 0.25) is 0 Å². The highest BCUT2D eigenvalue weighted by Gasteiger charge is 2.44. The van der Waals surface area contributed by atoms with Gasteiger partial charge in [0.1, 0.15) is 12.4 Å². The Morgan fingerprint density at radius 2 is 1.73 bits per heavy atom. The average molecular weight is 500 g/mol. The van der Waals surface area contributed by atoms with Crippen LogP contribution >= 0.6 is 0 Å². The van der Waals surface area contributed by atoms with E-state index in [0.29, 0.717) is 42.1 Å². The molecule has 1 aliphatic heterocycles. The molecule has 1 aromatic heterocycles. The van der Waals surface area contributed by atoms with Crippen LogP contribution in [0.1, 0.15) is 42.1 Å². The second-order valence-corrected chi connectivity index (χ2v) is 9.21. The van der Waals surface area contributed by atoms with Crippen molar-refractivity contribution < 1.29 is 24.3 Å². The number of likely N-dealkylation sites (N-methyl/N-ethyl adjacent to an activating group) is 1. The third kappa shape index (κ3) is 5.73. The molecule has 0 saturated carbocycles. The lowest BCUT2D eigenvalue weighted by atomic mass is 9.94. The van der Waals surface area contributed by atoms with Crippen molar-refractivity contribution in [2.45, 2.75) is 33.4 Å². The number of hydrogen-bond donors (Lipinski definition) is 1. The van der Waals surface area contributed by atoms with E-state index in [0.717, 1.165) is 18.7 Å². The van der Waals surface area contributed by atoms with Gasteiger partial charge >= 0.3 is 0 Å². The van der Waals surface area contributed by atoms with Gasteiger partial charge in [-0.25, -0.2) is 0 Å². The number of rotatable bonds is 10. The maximum Gasteiger partial charge on any atom is 0.295 e. The maximum atomic E-state index is 13.8. The molecule has 2 heterocycles. The Balaban J connectivity index is 1.67. The summed E-state index contributed by atoms with van der Waals surface area (Å²) in [4.78, 5) is 33.3. The molecule has 0 aliphatic carbocycles. The molecular formula is C30H33N3O4. The topological polar surface area (TPSA) is 87.0 Å². The minimum atomic E-state index is -0.737. The Hall–Kier alpha value is -3.97. The lowest BCUT2D eigenvalue weighted by Crippen LogP contribution is -3.12. The van der Waals surface area contributed by atoms with Gasteiger partial charge in [0.2, 0.25) is 5.78 Å². The third-order valence-corrected chi connectivity index (χ3v) is 6.95. The van der Waals surface area contributed by atoms with Gasteiger partial charge in [-0.2, -0.15) is 0 Å². The van der Waals surface area contributed by atoms with E-state index in [2.05, 4.69) is 18.8 Å². The monoisotopic (exact) mass is 499 g/mol. The fraction of sp³-hybridized carbons (Fsp3) is 0.300. The summed E-state index contributed by atoms with van der Waals surface area (Å²) in [6.07, 6.45) is 3.23. The Morgan fingerprint density at radius 1 is 1.03 bits per heavy atom. The highest BCUT2D eigenvalue weighted by atomic mass is 16.5. The standard InChI is InChI=1S/C30H33N3O4/c1-4-32(5-2)17-18-33-27(23-13-15-31-16-14-23)26(29(35)30(33)36)28(34)25-12-11-24(19-21(25)3)37-20-22-9-7-6-8-10-22/h6-16,19,27,34H,4-5,17-18,20H2,1-3H3. The number of nitrogens with one attached hydrogen (secondary N) is 1. The number of amides is 1. The minimum absolute atomic E-state index is 0.00759. The molecule has 192 valence electrons. The molecule has 1 N–H and O–H groups in total. The number of benzene rings is 2. The smallest absolute Gasteiger partial charge is 0.295 e. The molecule has 37 heavy (non-hydrogen) atoms. The zero-order valence-electron chi connectivity index (χ0n) is 21.6. The quantitative estimate of drug-likeness (QED) is 0.262. The van der Waals surface area contributed by atoms with Crippen molar-refractivity contribution in [3.05, 3.63) is 101 Å². The van der Waals surface area contributed by atoms with Crippen LogP contribution in [0.3, 0.4) is 0 Å². The first kappa shape index (κ1) is 26.1. The number of likely N-dealkylation sites (tertiary alicyclic amines) is 1. The number of nitrogens with zero attached hydrogens (tertiary/aromatic N) is 2. The van der Waals surface area contributed by atoms with E-state index in [1.54, 1.807) is 47.6 Å². The minimum Gasteiger partial charge on any atom is -0.872 e. The molecule has 1 atom stereocenters. The molecule has 1 fully saturated rings. The molecule has 1 saturated heterocycles. The Kier molecular flexibility index (Phi) is 8.36. The Morgan fingerprint density at radius 3 is 2.38 bits per heavy atom. The normalized spacial score (nSPS) is 17.0. The summed E-state index contributed by atoms with van der Waals surface area (Å²) >= 11 is 0. The van der Waals surface area contributed by atoms with Gasteiger partial charge in [-0.15, -0.1) is 0 Å². The van der Waals surface area contributed by atoms with E-state index in [9.17, 15) is 14.7 Å². The van der Waals surface area contributed by atoms with Gasteiger partial charge in [0, 0.05) is 18.0 Å². The second kappa shape index (κ2) is 11.8. The van der Waals surface area contributed by atoms with E-state index in [1.807, 2.05) is 37.3 Å². The molecule has 3 aromatic rings. The van der Waals surface area contributed by atoms with Gasteiger partial charge < -0.3 is 19.6 Å². The fourth-order valence-electron chi connectivity index (χ4n) is 4.74. The summed E-state index contributed by atoms with van der Waals surface area (Å²) in [5, 5.41) is 13.8. The van der Waals surface area contributed by atoms with Crippen LogP contribution in [0.25, 0.3) is 5.76 Å². The molecule has 7 heteroatoms. The van der Waals surface area contributed by atoms with Crippen LogP contribution in [0, 0.1) is 6.92 Å². The molecule has 0 radical (unpaired) electrons.